The van der Waals surface area contributed by atoms with E-state index in [0.717, 1.165) is 11.4 Å². The first-order valence-electron chi connectivity index (χ1n) is 5.63. The van der Waals surface area contributed by atoms with Crippen LogP contribution in [0.3, 0.4) is 0 Å². The maximum atomic E-state index is 10.8. The first-order valence-corrected chi connectivity index (χ1v) is 5.63. The van der Waals surface area contributed by atoms with Gasteiger partial charge in [0.1, 0.15) is 6.54 Å². The highest BCUT2D eigenvalue weighted by atomic mass is 16.1. The summed E-state index contributed by atoms with van der Waals surface area (Å²) in [5.74, 6) is -0.414. The van der Waals surface area contributed by atoms with Gasteiger partial charge < -0.3 is 11.1 Å². The number of aromatic nitrogens is 3. The molecule has 2 aromatic rings. The van der Waals surface area contributed by atoms with Crippen LogP contribution in [0.15, 0.2) is 36.8 Å². The van der Waals surface area contributed by atoms with E-state index in [-0.39, 0.29) is 12.6 Å². The molecule has 0 saturated carbocycles. The maximum absolute atomic E-state index is 10.8. The molecule has 3 N–H and O–H groups in total. The second-order valence-corrected chi connectivity index (χ2v) is 4.01. The van der Waals surface area contributed by atoms with E-state index in [2.05, 4.69) is 15.4 Å². The van der Waals surface area contributed by atoms with E-state index in [9.17, 15) is 4.79 Å². The third kappa shape index (κ3) is 3.07. The van der Waals surface area contributed by atoms with Crippen molar-refractivity contribution in [3.8, 4) is 0 Å². The molecule has 0 aromatic carbocycles. The molecule has 18 heavy (non-hydrogen) atoms. The summed E-state index contributed by atoms with van der Waals surface area (Å²) in [6, 6.07) is 5.83. The number of hydrogen-bond acceptors (Lipinski definition) is 4. The van der Waals surface area contributed by atoms with E-state index >= 15 is 0 Å². The molecule has 0 bridgehead atoms. The van der Waals surface area contributed by atoms with Gasteiger partial charge in [-0.2, -0.15) is 5.10 Å². The van der Waals surface area contributed by atoms with E-state index < -0.39 is 5.91 Å². The third-order valence-corrected chi connectivity index (χ3v) is 2.47. The average Bonchev–Trinajstić information content (AvgIpc) is 2.76. The lowest BCUT2D eigenvalue weighted by Gasteiger charge is -2.12. The summed E-state index contributed by atoms with van der Waals surface area (Å²) in [4.78, 5) is 15.0. The molecule has 0 radical (unpaired) electrons. The van der Waals surface area contributed by atoms with Crippen LogP contribution < -0.4 is 11.1 Å². The molecule has 0 aliphatic carbocycles. The SMILES string of the molecule is CC(Nc1cnn(CC(N)=O)c1)c1ccccn1. The zero-order valence-electron chi connectivity index (χ0n) is 10.1. The Morgan fingerprint density at radius 1 is 1.56 bits per heavy atom. The molecule has 2 rings (SSSR count). The number of nitrogens with two attached hydrogens (primary N) is 1. The molecule has 1 amide bonds. The molecule has 1 atom stereocenters. The molecule has 0 saturated heterocycles. The molecule has 1 unspecified atom stereocenters. The van der Waals surface area contributed by atoms with Gasteiger partial charge in [0.25, 0.3) is 0 Å². The van der Waals surface area contributed by atoms with E-state index in [1.807, 2.05) is 25.1 Å². The topological polar surface area (TPSA) is 85.8 Å². The lowest BCUT2D eigenvalue weighted by Crippen LogP contribution is -2.18. The first-order chi connectivity index (χ1) is 8.65. The fourth-order valence-electron chi connectivity index (χ4n) is 1.64. The fraction of sp³-hybridized carbons (Fsp3) is 0.250. The molecule has 0 spiro atoms. The van der Waals surface area contributed by atoms with Crippen molar-refractivity contribution in [3.63, 3.8) is 0 Å². The Kier molecular flexibility index (Phi) is 3.57. The van der Waals surface area contributed by atoms with Crippen molar-refractivity contribution in [2.75, 3.05) is 5.32 Å². The maximum Gasteiger partial charge on any atom is 0.239 e. The summed E-state index contributed by atoms with van der Waals surface area (Å²) >= 11 is 0. The van der Waals surface area contributed by atoms with Crippen LogP contribution in [0.2, 0.25) is 0 Å². The van der Waals surface area contributed by atoms with Crippen LogP contribution in [0.25, 0.3) is 0 Å². The summed E-state index contributed by atoms with van der Waals surface area (Å²) in [7, 11) is 0. The lowest BCUT2D eigenvalue weighted by atomic mass is 10.2. The van der Waals surface area contributed by atoms with Gasteiger partial charge >= 0.3 is 0 Å². The van der Waals surface area contributed by atoms with Gasteiger partial charge in [-0.3, -0.25) is 14.5 Å². The number of anilines is 1. The van der Waals surface area contributed by atoms with Gasteiger partial charge in [0.2, 0.25) is 5.91 Å². The predicted molar refractivity (Wildman–Crippen MR) is 67.7 cm³/mol. The van der Waals surface area contributed by atoms with E-state index in [4.69, 9.17) is 5.73 Å². The quantitative estimate of drug-likeness (QED) is 0.820. The summed E-state index contributed by atoms with van der Waals surface area (Å²) < 4.78 is 1.50. The zero-order valence-corrected chi connectivity index (χ0v) is 10.1. The first kappa shape index (κ1) is 12.1. The van der Waals surface area contributed by atoms with Crippen LogP contribution in [-0.4, -0.2) is 20.7 Å². The van der Waals surface area contributed by atoms with Crippen molar-refractivity contribution in [2.45, 2.75) is 19.5 Å². The standard InChI is InChI=1S/C12H15N5O/c1-9(11-4-2-3-5-14-11)16-10-6-15-17(7-10)8-12(13)18/h2-7,9,16H,8H2,1H3,(H2,13,18). The Balaban J connectivity index is 2.01. The lowest BCUT2D eigenvalue weighted by molar-refractivity contribution is -0.118. The van der Waals surface area contributed by atoms with Crippen LogP contribution in [-0.2, 0) is 11.3 Å². The molecule has 94 valence electrons. The average molecular weight is 245 g/mol. The molecule has 0 fully saturated rings. The Hall–Kier alpha value is -2.37. The Morgan fingerprint density at radius 3 is 3.06 bits per heavy atom. The number of primary amides is 1. The number of rotatable bonds is 5. The normalized spacial score (nSPS) is 12.1. The van der Waals surface area contributed by atoms with Gasteiger partial charge in [0.15, 0.2) is 0 Å². The highest BCUT2D eigenvalue weighted by Gasteiger charge is 2.07. The van der Waals surface area contributed by atoms with Crippen molar-refractivity contribution in [1.29, 1.82) is 0 Å². The summed E-state index contributed by atoms with van der Waals surface area (Å²) in [6.45, 7) is 2.09. The molecule has 6 nitrogen and oxygen atoms in total. The van der Waals surface area contributed by atoms with Crippen molar-refractivity contribution in [1.82, 2.24) is 14.8 Å². The Labute approximate surface area is 105 Å². The molecule has 2 heterocycles. The summed E-state index contributed by atoms with van der Waals surface area (Å²) in [6.07, 6.45) is 5.15. The van der Waals surface area contributed by atoms with Crippen LogP contribution in [0.1, 0.15) is 18.7 Å². The minimum absolute atomic E-state index is 0.0671. The number of hydrogen-bond donors (Lipinski definition) is 2. The van der Waals surface area contributed by atoms with E-state index in [1.165, 1.54) is 4.68 Å². The summed E-state index contributed by atoms with van der Waals surface area (Å²) in [5, 5.41) is 7.29. The van der Waals surface area contributed by atoms with Crippen molar-refractivity contribution >= 4 is 11.6 Å². The number of pyridine rings is 1. The number of amides is 1. The van der Waals surface area contributed by atoms with Crippen LogP contribution in [0.5, 0.6) is 0 Å². The largest absolute Gasteiger partial charge is 0.374 e. The Morgan fingerprint density at radius 2 is 2.39 bits per heavy atom. The fourth-order valence-corrected chi connectivity index (χ4v) is 1.64. The third-order valence-electron chi connectivity index (χ3n) is 2.47. The Bertz CT molecular complexity index is 522. The van der Waals surface area contributed by atoms with Gasteiger partial charge in [-0.1, -0.05) is 6.07 Å². The number of nitrogens with zero attached hydrogens (tertiary/aromatic N) is 3. The highest BCUT2D eigenvalue weighted by Crippen LogP contribution is 2.16. The highest BCUT2D eigenvalue weighted by molar-refractivity contribution is 5.73. The van der Waals surface area contributed by atoms with Crippen LogP contribution in [0, 0.1) is 0 Å². The van der Waals surface area contributed by atoms with Crippen molar-refractivity contribution < 1.29 is 4.79 Å². The van der Waals surface area contributed by atoms with Gasteiger partial charge in [0, 0.05) is 12.4 Å². The van der Waals surface area contributed by atoms with Gasteiger partial charge in [0.05, 0.1) is 23.6 Å². The molecule has 0 aliphatic heterocycles. The molecular formula is C12H15N5O. The van der Waals surface area contributed by atoms with Crippen LogP contribution >= 0.6 is 0 Å². The minimum Gasteiger partial charge on any atom is -0.374 e. The molecule has 6 heteroatoms. The van der Waals surface area contributed by atoms with Crippen molar-refractivity contribution in [2.24, 2.45) is 5.73 Å². The summed E-state index contributed by atoms with van der Waals surface area (Å²) in [5.41, 5.74) is 6.87. The monoisotopic (exact) mass is 245 g/mol. The van der Waals surface area contributed by atoms with Gasteiger partial charge in [-0.25, -0.2) is 0 Å². The molecule has 2 aromatic heterocycles. The van der Waals surface area contributed by atoms with Crippen molar-refractivity contribution in [3.05, 3.63) is 42.5 Å². The zero-order chi connectivity index (χ0) is 13.0. The second-order valence-electron chi connectivity index (χ2n) is 4.01. The number of carbonyl (C=O) groups is 1. The van der Waals surface area contributed by atoms with E-state index in [1.54, 1.807) is 18.6 Å². The van der Waals surface area contributed by atoms with E-state index in [0.29, 0.717) is 0 Å². The van der Waals surface area contributed by atoms with Crippen LogP contribution in [0.4, 0.5) is 5.69 Å². The van der Waals surface area contributed by atoms with Gasteiger partial charge in [-0.15, -0.1) is 0 Å². The molecular weight excluding hydrogens is 230 g/mol. The smallest absolute Gasteiger partial charge is 0.239 e. The van der Waals surface area contributed by atoms with Gasteiger partial charge in [-0.05, 0) is 19.1 Å². The minimum atomic E-state index is -0.414. The second kappa shape index (κ2) is 5.31. The number of carbonyl (C=O) groups excluding carboxylic acids is 1. The molecule has 0 aliphatic rings. The predicted octanol–water partition coefficient (Wildman–Crippen LogP) is 0.936. The number of nitrogens with one attached hydrogen (secondary N) is 1.